The molecule has 1 heterocycles. The van der Waals surface area contributed by atoms with Gasteiger partial charge in [-0.15, -0.1) is 0 Å². The second-order valence-electron chi connectivity index (χ2n) is 7.55. The average Bonchev–Trinajstić information content (AvgIpc) is 2.76. The normalized spacial score (nSPS) is 14.0. The van der Waals surface area contributed by atoms with Gasteiger partial charge in [-0.1, -0.05) is 30.3 Å². The van der Waals surface area contributed by atoms with E-state index in [2.05, 4.69) is 45.4 Å². The Kier molecular flexibility index (Phi) is 13.0. The van der Waals surface area contributed by atoms with Crippen molar-refractivity contribution in [3.05, 3.63) is 65.7 Å². The minimum Gasteiger partial charge on any atom is -1.00 e. The number of hydrogen-bond acceptors (Lipinski definition) is 5. The number of piperazine rings is 1. The van der Waals surface area contributed by atoms with E-state index in [-0.39, 0.29) is 36.7 Å². The summed E-state index contributed by atoms with van der Waals surface area (Å²) in [4.78, 5) is 28.8. The summed E-state index contributed by atoms with van der Waals surface area (Å²) in [5.41, 5.74) is 2.54. The van der Waals surface area contributed by atoms with E-state index in [1.165, 1.54) is 5.56 Å². The van der Waals surface area contributed by atoms with Gasteiger partial charge in [0.15, 0.2) is 0 Å². The van der Waals surface area contributed by atoms with Gasteiger partial charge in [-0.25, -0.2) is 4.79 Å². The van der Waals surface area contributed by atoms with E-state index in [0.29, 0.717) is 24.3 Å². The van der Waals surface area contributed by atoms with Gasteiger partial charge in [-0.05, 0) is 49.7 Å². The molecule has 0 aliphatic carbocycles. The number of carbonyl (C=O) groups is 2. The summed E-state index contributed by atoms with van der Waals surface area (Å²) in [7, 11) is 0. The van der Waals surface area contributed by atoms with Crippen LogP contribution < -0.4 is 30.1 Å². The third kappa shape index (κ3) is 9.17. The second kappa shape index (κ2) is 14.9. The van der Waals surface area contributed by atoms with Crippen molar-refractivity contribution < 1.29 is 39.1 Å². The lowest BCUT2D eigenvalue weighted by atomic mass is 10.2. The number of amides is 1. The maximum atomic E-state index is 12.2. The van der Waals surface area contributed by atoms with Crippen LogP contribution in [0.4, 0.5) is 5.69 Å². The molecule has 0 radical (unpaired) electrons. The van der Waals surface area contributed by atoms with Gasteiger partial charge in [0.1, 0.15) is 0 Å². The molecule has 8 heteroatoms. The van der Waals surface area contributed by atoms with Crippen molar-refractivity contribution in [3.63, 3.8) is 0 Å². The lowest BCUT2D eigenvalue weighted by Gasteiger charge is -2.34. The summed E-state index contributed by atoms with van der Waals surface area (Å²) in [6.07, 6.45) is 1.33. The number of nitrogens with one attached hydrogen (secondary N) is 1. The van der Waals surface area contributed by atoms with Crippen LogP contribution in [0, 0.1) is 0 Å². The van der Waals surface area contributed by atoms with E-state index in [4.69, 9.17) is 4.74 Å². The van der Waals surface area contributed by atoms with Crippen molar-refractivity contribution in [1.29, 1.82) is 0 Å². The quantitative estimate of drug-likeness (QED) is 0.400. The highest BCUT2D eigenvalue weighted by Crippen LogP contribution is 2.12. The third-order valence-corrected chi connectivity index (χ3v) is 5.27. The molecule has 1 fully saturated rings. The van der Waals surface area contributed by atoms with E-state index in [1.807, 2.05) is 0 Å². The molecule has 0 unspecified atom stereocenters. The van der Waals surface area contributed by atoms with Crippen molar-refractivity contribution in [2.45, 2.75) is 26.3 Å². The number of anilines is 1. The van der Waals surface area contributed by atoms with Gasteiger partial charge >= 0.3 is 5.97 Å². The molecule has 0 atom stereocenters. The summed E-state index contributed by atoms with van der Waals surface area (Å²) in [5.74, 6) is -0.346. The molecule has 6 nitrogen and oxygen atoms in total. The van der Waals surface area contributed by atoms with Crippen LogP contribution in [0.5, 0.6) is 0 Å². The van der Waals surface area contributed by atoms with E-state index >= 15 is 0 Å². The Hall–Kier alpha value is -2.12. The maximum Gasteiger partial charge on any atom is 0.338 e. The van der Waals surface area contributed by atoms with Crippen molar-refractivity contribution >= 4 is 17.6 Å². The molecule has 1 aliphatic rings. The van der Waals surface area contributed by atoms with Gasteiger partial charge < -0.3 is 39.8 Å². The Morgan fingerprint density at radius 2 is 1.53 bits per heavy atom. The Balaban J connectivity index is 0.00000256. The molecule has 1 amide bonds. The second-order valence-corrected chi connectivity index (χ2v) is 7.55. The fourth-order valence-corrected chi connectivity index (χ4v) is 3.60. The number of esters is 1. The number of hydrogen-bond donors (Lipinski definition) is 1. The highest BCUT2D eigenvalue weighted by Gasteiger charge is 2.17. The van der Waals surface area contributed by atoms with Crippen LogP contribution in [-0.4, -0.2) is 61.0 Å². The lowest BCUT2D eigenvalue weighted by molar-refractivity contribution is -0.116. The predicted molar refractivity (Wildman–Crippen MR) is 118 cm³/mol. The van der Waals surface area contributed by atoms with Crippen molar-refractivity contribution in [2.75, 3.05) is 44.6 Å². The molecule has 3 rings (SSSR count). The van der Waals surface area contributed by atoms with Gasteiger partial charge in [0.05, 0.1) is 12.2 Å². The molecule has 1 N–H and O–H groups in total. The van der Waals surface area contributed by atoms with Crippen LogP contribution in [-0.2, 0) is 16.1 Å². The van der Waals surface area contributed by atoms with Crippen molar-refractivity contribution in [1.82, 2.24) is 9.80 Å². The SMILES string of the molecule is CCOC(=O)c1ccc(NC(=O)CCCN2CCN(Cc3ccccc3)CC2)cc1.[Cl-].[Cl-]. The maximum absolute atomic E-state index is 12.2. The summed E-state index contributed by atoms with van der Waals surface area (Å²) in [6.45, 7) is 8.28. The van der Waals surface area contributed by atoms with Gasteiger partial charge in [0.2, 0.25) is 5.91 Å². The largest absolute Gasteiger partial charge is 1.00 e. The highest BCUT2D eigenvalue weighted by atomic mass is 35.5. The van der Waals surface area contributed by atoms with E-state index in [0.717, 1.165) is 45.7 Å². The minimum atomic E-state index is -0.348. The Morgan fingerprint density at radius 1 is 0.906 bits per heavy atom. The van der Waals surface area contributed by atoms with Gasteiger partial charge in [-0.2, -0.15) is 0 Å². The summed E-state index contributed by atoms with van der Waals surface area (Å²) in [5, 5.41) is 2.89. The number of nitrogens with zero attached hydrogens (tertiary/aromatic N) is 2. The number of carbonyl (C=O) groups excluding carboxylic acids is 2. The van der Waals surface area contributed by atoms with Crippen molar-refractivity contribution in [3.8, 4) is 0 Å². The average molecular weight is 480 g/mol. The molecule has 32 heavy (non-hydrogen) atoms. The first-order valence-electron chi connectivity index (χ1n) is 10.7. The van der Waals surface area contributed by atoms with Gasteiger partial charge in [-0.3, -0.25) is 9.69 Å². The zero-order valence-electron chi connectivity index (χ0n) is 18.4. The standard InChI is InChI=1S/C24H31N3O3.2ClH/c1-2-30-24(29)21-10-12-22(13-11-21)25-23(28)9-6-14-26-15-17-27(18-16-26)19-20-7-4-3-5-8-20;;/h3-5,7-8,10-13H,2,6,9,14-19H2,1H3,(H,25,28);2*1H/p-2. The Labute approximate surface area is 203 Å². The molecular formula is C24H31Cl2N3O3-2. The fourth-order valence-electron chi connectivity index (χ4n) is 3.60. The molecule has 0 spiro atoms. The fraction of sp³-hybridized carbons (Fsp3) is 0.417. The lowest BCUT2D eigenvalue weighted by Crippen LogP contribution is -3.00. The molecule has 0 saturated carbocycles. The molecule has 1 aliphatic heterocycles. The molecule has 2 aromatic rings. The first-order chi connectivity index (χ1) is 14.6. The topological polar surface area (TPSA) is 61.9 Å². The zero-order valence-corrected chi connectivity index (χ0v) is 19.9. The van der Waals surface area contributed by atoms with E-state index in [9.17, 15) is 9.59 Å². The van der Waals surface area contributed by atoms with Crippen LogP contribution in [0.2, 0.25) is 0 Å². The number of ether oxygens (including phenoxy) is 1. The Bertz CT molecular complexity index is 811. The van der Waals surface area contributed by atoms with Crippen LogP contribution in [0.25, 0.3) is 0 Å². The number of benzene rings is 2. The predicted octanol–water partition coefficient (Wildman–Crippen LogP) is -2.59. The summed E-state index contributed by atoms with van der Waals surface area (Å²) >= 11 is 0. The third-order valence-electron chi connectivity index (χ3n) is 5.27. The van der Waals surface area contributed by atoms with Crippen molar-refractivity contribution in [2.24, 2.45) is 0 Å². The number of rotatable bonds is 9. The van der Waals surface area contributed by atoms with Gasteiger partial charge in [0.25, 0.3) is 0 Å². The smallest absolute Gasteiger partial charge is 0.338 e. The zero-order chi connectivity index (χ0) is 21.2. The first-order valence-corrected chi connectivity index (χ1v) is 10.7. The van der Waals surface area contributed by atoms with Gasteiger partial charge in [0, 0.05) is 44.8 Å². The Morgan fingerprint density at radius 3 is 2.16 bits per heavy atom. The monoisotopic (exact) mass is 479 g/mol. The minimum absolute atomic E-state index is 0. The molecule has 1 saturated heterocycles. The van der Waals surface area contributed by atoms with E-state index in [1.54, 1.807) is 31.2 Å². The molecule has 0 aromatic heterocycles. The molecular weight excluding hydrogens is 449 g/mol. The molecule has 0 bridgehead atoms. The van der Waals surface area contributed by atoms with E-state index < -0.39 is 0 Å². The van der Waals surface area contributed by atoms with Crippen LogP contribution in [0.15, 0.2) is 54.6 Å². The van der Waals surface area contributed by atoms with Crippen LogP contribution in [0.3, 0.4) is 0 Å². The summed E-state index contributed by atoms with van der Waals surface area (Å²) in [6, 6.07) is 17.4. The first kappa shape index (κ1) is 27.9. The molecule has 2 aromatic carbocycles. The summed E-state index contributed by atoms with van der Waals surface area (Å²) < 4.78 is 4.96. The van der Waals surface area contributed by atoms with Crippen LogP contribution >= 0.6 is 0 Å². The molecule has 176 valence electrons. The van der Waals surface area contributed by atoms with Crippen LogP contribution in [0.1, 0.15) is 35.7 Å². The number of halogens is 2. The highest BCUT2D eigenvalue weighted by molar-refractivity contribution is 5.93.